The van der Waals surface area contributed by atoms with Gasteiger partial charge in [0, 0.05) is 17.8 Å². The largest absolute Gasteiger partial charge is 0.347 e. The fourth-order valence-electron chi connectivity index (χ4n) is 1.99. The van der Waals surface area contributed by atoms with Crippen LogP contribution in [0.15, 0.2) is 54.7 Å². The van der Waals surface area contributed by atoms with Gasteiger partial charge in [-0.1, -0.05) is 29.8 Å². The Morgan fingerprint density at radius 3 is 2.76 bits per heavy atom. The molecular weight excluding hydrogens is 286 g/mol. The Morgan fingerprint density at radius 2 is 1.90 bits per heavy atom. The number of carbonyl (C=O) groups is 1. The monoisotopic (exact) mass is 297 g/mol. The molecule has 0 saturated heterocycles. The van der Waals surface area contributed by atoms with Crippen LogP contribution >= 0.6 is 11.6 Å². The molecule has 0 fully saturated rings. The van der Waals surface area contributed by atoms with E-state index in [2.05, 4.69) is 15.3 Å². The maximum atomic E-state index is 12.1. The standard InChI is InChI=1S/C16H12ClN3O/c17-12-5-2-1-4-11(12)10-19-16(21)15-8-7-13-14(20-15)6-3-9-18-13/h1-9H,10H2,(H,19,21). The first kappa shape index (κ1) is 13.5. The number of halogens is 1. The van der Waals surface area contributed by atoms with Crippen LogP contribution in [0.5, 0.6) is 0 Å². The van der Waals surface area contributed by atoms with Crippen LogP contribution in [-0.4, -0.2) is 15.9 Å². The lowest BCUT2D eigenvalue weighted by atomic mass is 10.2. The van der Waals surface area contributed by atoms with Gasteiger partial charge in [0.05, 0.1) is 11.0 Å². The summed E-state index contributed by atoms with van der Waals surface area (Å²) in [6.07, 6.45) is 1.70. The van der Waals surface area contributed by atoms with E-state index in [4.69, 9.17) is 11.6 Å². The van der Waals surface area contributed by atoms with Crippen molar-refractivity contribution in [1.29, 1.82) is 0 Å². The van der Waals surface area contributed by atoms with Crippen LogP contribution in [0, 0.1) is 0 Å². The van der Waals surface area contributed by atoms with Crippen molar-refractivity contribution in [3.8, 4) is 0 Å². The summed E-state index contributed by atoms with van der Waals surface area (Å²) in [5, 5.41) is 3.45. The van der Waals surface area contributed by atoms with Gasteiger partial charge in [-0.3, -0.25) is 9.78 Å². The molecule has 2 aromatic heterocycles. The van der Waals surface area contributed by atoms with Gasteiger partial charge >= 0.3 is 0 Å². The van der Waals surface area contributed by atoms with E-state index >= 15 is 0 Å². The summed E-state index contributed by atoms with van der Waals surface area (Å²) in [7, 11) is 0. The molecule has 0 saturated carbocycles. The first-order valence-corrected chi connectivity index (χ1v) is 6.85. The molecule has 0 spiro atoms. The predicted molar refractivity (Wildman–Crippen MR) is 82.2 cm³/mol. The Kier molecular flexibility index (Phi) is 3.79. The van der Waals surface area contributed by atoms with Gasteiger partial charge < -0.3 is 5.32 Å². The first-order chi connectivity index (χ1) is 10.2. The molecule has 0 radical (unpaired) electrons. The van der Waals surface area contributed by atoms with Crippen molar-refractivity contribution in [3.05, 3.63) is 71.0 Å². The number of rotatable bonds is 3. The molecule has 0 aliphatic carbocycles. The van der Waals surface area contributed by atoms with Crippen LogP contribution < -0.4 is 5.32 Å². The number of fused-ring (bicyclic) bond motifs is 1. The molecule has 1 aromatic carbocycles. The minimum absolute atomic E-state index is 0.235. The van der Waals surface area contributed by atoms with E-state index < -0.39 is 0 Å². The van der Waals surface area contributed by atoms with Crippen LogP contribution in [0.25, 0.3) is 11.0 Å². The second-order valence-corrected chi connectivity index (χ2v) is 4.92. The normalized spacial score (nSPS) is 10.5. The van der Waals surface area contributed by atoms with Crippen molar-refractivity contribution in [2.45, 2.75) is 6.54 Å². The second kappa shape index (κ2) is 5.89. The summed E-state index contributed by atoms with van der Waals surface area (Å²) in [4.78, 5) is 20.6. The van der Waals surface area contributed by atoms with Gasteiger partial charge in [0.15, 0.2) is 0 Å². The highest BCUT2D eigenvalue weighted by Crippen LogP contribution is 2.14. The number of pyridine rings is 2. The predicted octanol–water partition coefficient (Wildman–Crippen LogP) is 3.21. The molecule has 0 unspecified atom stereocenters. The number of benzene rings is 1. The molecular formula is C16H12ClN3O. The van der Waals surface area contributed by atoms with Gasteiger partial charge in [-0.25, -0.2) is 4.98 Å². The van der Waals surface area contributed by atoms with E-state index in [1.165, 1.54) is 0 Å². The summed E-state index contributed by atoms with van der Waals surface area (Å²) >= 11 is 6.06. The van der Waals surface area contributed by atoms with Crippen LogP contribution in [0.4, 0.5) is 0 Å². The first-order valence-electron chi connectivity index (χ1n) is 6.47. The number of amides is 1. The highest BCUT2D eigenvalue weighted by atomic mass is 35.5. The molecule has 5 heteroatoms. The summed E-state index contributed by atoms with van der Waals surface area (Å²) in [5.41, 5.74) is 2.69. The lowest BCUT2D eigenvalue weighted by Gasteiger charge is -2.07. The van der Waals surface area contributed by atoms with Gasteiger partial charge in [0.1, 0.15) is 5.69 Å². The quantitative estimate of drug-likeness (QED) is 0.807. The van der Waals surface area contributed by atoms with Crippen LogP contribution in [0.2, 0.25) is 5.02 Å². The van der Waals surface area contributed by atoms with Crippen molar-refractivity contribution in [3.63, 3.8) is 0 Å². The Bertz CT molecular complexity index is 804. The van der Waals surface area contributed by atoms with Crippen LogP contribution in [-0.2, 0) is 6.54 Å². The third-order valence-corrected chi connectivity index (χ3v) is 3.45. The van der Waals surface area contributed by atoms with E-state index in [1.807, 2.05) is 24.3 Å². The van der Waals surface area contributed by atoms with Gasteiger partial charge in [-0.05, 0) is 35.9 Å². The molecule has 0 aliphatic rings. The smallest absolute Gasteiger partial charge is 0.270 e. The molecule has 2 heterocycles. The van der Waals surface area contributed by atoms with E-state index in [0.717, 1.165) is 11.1 Å². The lowest BCUT2D eigenvalue weighted by molar-refractivity contribution is 0.0946. The Labute approximate surface area is 126 Å². The van der Waals surface area contributed by atoms with Crippen molar-refractivity contribution < 1.29 is 4.79 Å². The third kappa shape index (κ3) is 3.01. The maximum Gasteiger partial charge on any atom is 0.270 e. The number of hydrogen-bond donors (Lipinski definition) is 1. The number of nitrogens with one attached hydrogen (secondary N) is 1. The topological polar surface area (TPSA) is 54.9 Å². The van der Waals surface area contributed by atoms with Gasteiger partial charge in [-0.15, -0.1) is 0 Å². The molecule has 3 aromatic rings. The highest BCUT2D eigenvalue weighted by Gasteiger charge is 2.09. The van der Waals surface area contributed by atoms with Gasteiger partial charge in [0.25, 0.3) is 5.91 Å². The second-order valence-electron chi connectivity index (χ2n) is 4.51. The molecule has 104 valence electrons. The average Bonchev–Trinajstić information content (AvgIpc) is 2.53. The fraction of sp³-hybridized carbons (Fsp3) is 0.0625. The van der Waals surface area contributed by atoms with E-state index in [1.54, 1.807) is 30.5 Å². The summed E-state index contributed by atoms with van der Waals surface area (Å²) in [6.45, 7) is 0.366. The Hall–Kier alpha value is -2.46. The Balaban J connectivity index is 1.76. The van der Waals surface area contributed by atoms with Crippen molar-refractivity contribution in [2.75, 3.05) is 0 Å². The van der Waals surface area contributed by atoms with E-state index in [-0.39, 0.29) is 5.91 Å². The van der Waals surface area contributed by atoms with Crippen molar-refractivity contribution in [1.82, 2.24) is 15.3 Å². The van der Waals surface area contributed by atoms with Gasteiger partial charge in [0.2, 0.25) is 0 Å². The molecule has 1 N–H and O–H groups in total. The number of carbonyl (C=O) groups excluding carboxylic acids is 1. The number of hydrogen-bond acceptors (Lipinski definition) is 3. The SMILES string of the molecule is O=C(NCc1ccccc1Cl)c1ccc2ncccc2n1. The minimum Gasteiger partial charge on any atom is -0.347 e. The zero-order valence-electron chi connectivity index (χ0n) is 11.1. The zero-order chi connectivity index (χ0) is 14.7. The molecule has 1 amide bonds. The number of nitrogens with zero attached hydrogens (tertiary/aromatic N) is 2. The summed E-state index contributed by atoms with van der Waals surface area (Å²) in [6, 6.07) is 14.5. The lowest BCUT2D eigenvalue weighted by Crippen LogP contribution is -2.23. The van der Waals surface area contributed by atoms with E-state index in [0.29, 0.717) is 22.8 Å². The van der Waals surface area contributed by atoms with Crippen molar-refractivity contribution in [2.24, 2.45) is 0 Å². The molecule has 0 atom stereocenters. The highest BCUT2D eigenvalue weighted by molar-refractivity contribution is 6.31. The third-order valence-electron chi connectivity index (χ3n) is 3.09. The van der Waals surface area contributed by atoms with Crippen molar-refractivity contribution >= 4 is 28.5 Å². The average molecular weight is 298 g/mol. The minimum atomic E-state index is -0.235. The van der Waals surface area contributed by atoms with E-state index in [9.17, 15) is 4.79 Å². The maximum absolute atomic E-state index is 12.1. The summed E-state index contributed by atoms with van der Waals surface area (Å²) < 4.78 is 0. The molecule has 0 aliphatic heterocycles. The number of aromatic nitrogens is 2. The molecule has 3 rings (SSSR count). The molecule has 4 nitrogen and oxygen atoms in total. The zero-order valence-corrected chi connectivity index (χ0v) is 11.8. The fourth-order valence-corrected chi connectivity index (χ4v) is 2.19. The van der Waals surface area contributed by atoms with Crippen LogP contribution in [0.1, 0.15) is 16.1 Å². The Morgan fingerprint density at radius 1 is 1.05 bits per heavy atom. The molecule has 21 heavy (non-hydrogen) atoms. The van der Waals surface area contributed by atoms with Crippen LogP contribution in [0.3, 0.4) is 0 Å². The van der Waals surface area contributed by atoms with Gasteiger partial charge in [-0.2, -0.15) is 0 Å². The molecule has 0 bridgehead atoms. The summed E-state index contributed by atoms with van der Waals surface area (Å²) in [5.74, 6) is -0.235.